The van der Waals surface area contributed by atoms with Crippen LogP contribution in [0, 0.1) is 0 Å². The molecule has 2 atom stereocenters. The fraction of sp³-hybridized carbons (Fsp3) is 0.240. The summed E-state index contributed by atoms with van der Waals surface area (Å²) in [7, 11) is 0. The van der Waals surface area contributed by atoms with Gasteiger partial charge in [0.25, 0.3) is 0 Å². The molecule has 0 unspecified atom stereocenters. The van der Waals surface area contributed by atoms with E-state index in [-0.39, 0.29) is 35.5 Å². The van der Waals surface area contributed by atoms with E-state index in [1.54, 1.807) is 12.1 Å². The first-order valence-electron chi connectivity index (χ1n) is 10.4. The van der Waals surface area contributed by atoms with Crippen LogP contribution in [0.1, 0.15) is 39.6 Å². The molecule has 4 rings (SSSR count). The first-order chi connectivity index (χ1) is 15.4. The minimum absolute atomic E-state index is 0. The number of benzene rings is 3. The average molecular weight is 490 g/mol. The van der Waals surface area contributed by atoms with Crippen LogP contribution in [0.4, 0.5) is 0 Å². The first kappa shape index (κ1) is 24.9. The lowest BCUT2D eigenvalue weighted by Gasteiger charge is -2.27. The molecule has 0 bridgehead atoms. The predicted octanol–water partition coefficient (Wildman–Crippen LogP) is 5.14. The molecule has 8 heteroatoms. The fourth-order valence-corrected chi connectivity index (χ4v) is 4.18. The van der Waals surface area contributed by atoms with E-state index in [9.17, 15) is 15.0 Å². The van der Waals surface area contributed by atoms with Gasteiger partial charge in [0.05, 0.1) is 11.7 Å². The maximum atomic E-state index is 11.2. The number of aliphatic hydroxyl groups excluding tert-OH is 1. The number of hydrogen-bond donors (Lipinski definition) is 4. The molecule has 33 heavy (non-hydrogen) atoms. The Morgan fingerprint density at radius 2 is 1.91 bits per heavy atom. The Kier molecular flexibility index (Phi) is 8.21. The van der Waals surface area contributed by atoms with Gasteiger partial charge < -0.3 is 25.4 Å². The van der Waals surface area contributed by atoms with Crippen molar-refractivity contribution in [1.29, 1.82) is 0 Å². The number of aromatic carboxylic acids is 1. The van der Waals surface area contributed by atoms with Gasteiger partial charge in [0.15, 0.2) is 0 Å². The Hall–Kier alpha value is -2.77. The highest BCUT2D eigenvalue weighted by Gasteiger charge is 2.20. The molecule has 1 aliphatic carbocycles. The molecule has 0 amide bonds. The highest BCUT2D eigenvalue weighted by Crippen LogP contribution is 2.31. The van der Waals surface area contributed by atoms with Crippen molar-refractivity contribution in [3.05, 3.63) is 87.9 Å². The normalized spacial score (nSPS) is 15.8. The quantitative estimate of drug-likeness (QED) is 0.366. The number of carboxylic acids is 1. The van der Waals surface area contributed by atoms with Gasteiger partial charge >= 0.3 is 5.97 Å². The number of phenolic OH excluding ortho intramolecular Hbond substituents is 1. The largest absolute Gasteiger partial charge is 0.508 e. The number of hydrogen-bond acceptors (Lipinski definition) is 5. The van der Waals surface area contributed by atoms with Crippen LogP contribution in [-0.4, -0.2) is 33.9 Å². The third-order valence-electron chi connectivity index (χ3n) is 5.61. The zero-order chi connectivity index (χ0) is 22.7. The van der Waals surface area contributed by atoms with E-state index in [0.29, 0.717) is 17.3 Å². The van der Waals surface area contributed by atoms with Gasteiger partial charge in [-0.15, -0.1) is 12.4 Å². The summed E-state index contributed by atoms with van der Waals surface area (Å²) in [4.78, 5) is 11.2. The Morgan fingerprint density at radius 3 is 2.67 bits per heavy atom. The SMILES string of the molecule is Cl.O=C(O)c1cc(O)cc(Oc2ccc3c(c2)C[C@@H](NC[C@H](O)c2cccc(Cl)c2)CC3)c1. The van der Waals surface area contributed by atoms with E-state index >= 15 is 0 Å². The van der Waals surface area contributed by atoms with Gasteiger partial charge in [-0.1, -0.05) is 29.8 Å². The van der Waals surface area contributed by atoms with E-state index < -0.39 is 12.1 Å². The molecule has 6 nitrogen and oxygen atoms in total. The number of rotatable bonds is 7. The minimum atomic E-state index is -1.13. The van der Waals surface area contributed by atoms with E-state index in [1.165, 1.54) is 23.8 Å². The van der Waals surface area contributed by atoms with Crippen molar-refractivity contribution in [1.82, 2.24) is 5.32 Å². The minimum Gasteiger partial charge on any atom is -0.508 e. The summed E-state index contributed by atoms with van der Waals surface area (Å²) >= 11 is 6.01. The standard InChI is InChI=1S/C25H24ClNO5.ClH/c26-19-3-1-2-16(8-19)24(29)14-27-20-6-4-15-5-7-22(11-17(15)9-20)32-23-12-18(25(30)31)10-21(28)13-23;/h1-3,5,7-8,10-13,20,24,27-29H,4,6,9,14H2,(H,30,31);1H/t20-,24-;/m0./s1. The van der Waals surface area contributed by atoms with Gasteiger partial charge in [-0.05, 0) is 72.4 Å². The lowest BCUT2D eigenvalue weighted by Crippen LogP contribution is -2.37. The van der Waals surface area contributed by atoms with Gasteiger partial charge in [0, 0.05) is 23.7 Å². The number of fused-ring (bicyclic) bond motifs is 1. The number of ether oxygens (including phenoxy) is 1. The third-order valence-corrected chi connectivity index (χ3v) is 5.85. The maximum Gasteiger partial charge on any atom is 0.335 e. The van der Waals surface area contributed by atoms with Crippen LogP contribution in [0.15, 0.2) is 60.7 Å². The van der Waals surface area contributed by atoms with Crippen molar-refractivity contribution >= 4 is 30.0 Å². The van der Waals surface area contributed by atoms with Gasteiger partial charge in [0.1, 0.15) is 17.2 Å². The molecule has 4 N–H and O–H groups in total. The predicted molar refractivity (Wildman–Crippen MR) is 129 cm³/mol. The van der Waals surface area contributed by atoms with Gasteiger partial charge in [0.2, 0.25) is 0 Å². The summed E-state index contributed by atoms with van der Waals surface area (Å²) in [6, 6.07) is 17.2. The number of aliphatic hydroxyl groups is 1. The summed E-state index contributed by atoms with van der Waals surface area (Å²) in [5.74, 6) is -0.465. The van der Waals surface area contributed by atoms with E-state index in [2.05, 4.69) is 5.32 Å². The number of halogens is 2. The second-order valence-electron chi connectivity index (χ2n) is 7.97. The van der Waals surface area contributed by atoms with E-state index in [1.807, 2.05) is 30.3 Å². The molecule has 1 aliphatic rings. The Labute approximate surface area is 203 Å². The summed E-state index contributed by atoms with van der Waals surface area (Å²) in [5, 5.41) is 33.4. The molecule has 3 aromatic rings. The van der Waals surface area contributed by atoms with Crippen LogP contribution in [0.3, 0.4) is 0 Å². The second kappa shape index (κ2) is 10.9. The second-order valence-corrected chi connectivity index (χ2v) is 8.41. The van der Waals surface area contributed by atoms with Crippen molar-refractivity contribution in [3.8, 4) is 17.2 Å². The summed E-state index contributed by atoms with van der Waals surface area (Å²) in [6.45, 7) is 0.428. The topological polar surface area (TPSA) is 99.0 Å². The van der Waals surface area contributed by atoms with Gasteiger partial charge in [-0.25, -0.2) is 4.79 Å². The summed E-state index contributed by atoms with van der Waals surface area (Å²) in [6.07, 6.45) is 2.02. The van der Waals surface area contributed by atoms with Crippen molar-refractivity contribution < 1.29 is 24.9 Å². The molecule has 0 saturated heterocycles. The molecule has 0 spiro atoms. The van der Waals surface area contributed by atoms with E-state index in [0.717, 1.165) is 30.4 Å². The average Bonchev–Trinajstić information content (AvgIpc) is 2.76. The Bertz CT molecular complexity index is 1140. The molecule has 0 radical (unpaired) electrons. The van der Waals surface area contributed by atoms with Crippen LogP contribution in [-0.2, 0) is 12.8 Å². The van der Waals surface area contributed by atoms with Crippen LogP contribution < -0.4 is 10.1 Å². The lowest BCUT2D eigenvalue weighted by atomic mass is 9.88. The van der Waals surface area contributed by atoms with Crippen molar-refractivity contribution in [2.24, 2.45) is 0 Å². The highest BCUT2D eigenvalue weighted by molar-refractivity contribution is 6.30. The number of nitrogens with one attached hydrogen (secondary N) is 1. The number of phenols is 1. The molecule has 0 saturated carbocycles. The number of carboxylic acid groups (broad SMARTS) is 1. The molecule has 3 aromatic carbocycles. The first-order valence-corrected chi connectivity index (χ1v) is 10.8. The highest BCUT2D eigenvalue weighted by atomic mass is 35.5. The van der Waals surface area contributed by atoms with Crippen molar-refractivity contribution in [2.75, 3.05) is 6.54 Å². The van der Waals surface area contributed by atoms with Crippen LogP contribution in [0.5, 0.6) is 17.2 Å². The van der Waals surface area contributed by atoms with Crippen LogP contribution in [0.2, 0.25) is 5.02 Å². The molecular formula is C25H25Cl2NO5. The van der Waals surface area contributed by atoms with Gasteiger partial charge in [-0.3, -0.25) is 0 Å². The number of aryl methyl sites for hydroxylation is 1. The van der Waals surface area contributed by atoms with Crippen LogP contribution >= 0.6 is 24.0 Å². The summed E-state index contributed by atoms with van der Waals surface area (Å²) in [5.41, 5.74) is 3.12. The molecular weight excluding hydrogens is 465 g/mol. The molecule has 0 heterocycles. The Balaban J connectivity index is 0.00000306. The maximum absolute atomic E-state index is 11.2. The van der Waals surface area contributed by atoms with Crippen molar-refractivity contribution in [2.45, 2.75) is 31.4 Å². The smallest absolute Gasteiger partial charge is 0.335 e. The van der Waals surface area contributed by atoms with E-state index in [4.69, 9.17) is 21.4 Å². The van der Waals surface area contributed by atoms with Gasteiger partial charge in [-0.2, -0.15) is 0 Å². The van der Waals surface area contributed by atoms with Crippen LogP contribution in [0.25, 0.3) is 0 Å². The molecule has 0 aromatic heterocycles. The van der Waals surface area contributed by atoms with Crippen molar-refractivity contribution in [3.63, 3.8) is 0 Å². The zero-order valence-corrected chi connectivity index (χ0v) is 19.3. The zero-order valence-electron chi connectivity index (χ0n) is 17.7. The molecule has 174 valence electrons. The lowest BCUT2D eigenvalue weighted by molar-refractivity contribution is 0.0696. The number of carbonyl (C=O) groups is 1. The Morgan fingerprint density at radius 1 is 1.09 bits per heavy atom. The summed E-state index contributed by atoms with van der Waals surface area (Å²) < 4.78 is 5.82. The molecule has 0 fully saturated rings. The monoisotopic (exact) mass is 489 g/mol. The fourth-order valence-electron chi connectivity index (χ4n) is 3.98. The third kappa shape index (κ3) is 6.39. The number of aromatic hydroxyl groups is 1. The molecule has 0 aliphatic heterocycles.